The Kier molecular flexibility index (Phi) is 5.89. The lowest BCUT2D eigenvalue weighted by Gasteiger charge is -2.12. The molecule has 0 fully saturated rings. The van der Waals surface area contributed by atoms with E-state index in [-0.39, 0.29) is 36.2 Å². The number of nitrogens with zero attached hydrogens (tertiary/aromatic N) is 2. The lowest BCUT2D eigenvalue weighted by molar-refractivity contribution is -0.384. The van der Waals surface area contributed by atoms with Gasteiger partial charge in [0.15, 0.2) is 6.61 Å². The molecule has 2 aromatic carbocycles. The van der Waals surface area contributed by atoms with Gasteiger partial charge in [-0.2, -0.15) is 0 Å². The first-order chi connectivity index (χ1) is 11.9. The van der Waals surface area contributed by atoms with Gasteiger partial charge in [-0.3, -0.25) is 14.9 Å². The number of hydrogen-bond donors (Lipinski definition) is 1. The first-order valence-corrected chi connectivity index (χ1v) is 7.46. The van der Waals surface area contributed by atoms with Crippen LogP contribution in [0.25, 0.3) is 0 Å². The Balaban J connectivity index is 1.98. The highest BCUT2D eigenvalue weighted by Gasteiger charge is 2.09. The number of hydrogen-bond acceptors (Lipinski definition) is 5. The second-order valence-electron chi connectivity index (χ2n) is 5.50. The van der Waals surface area contributed by atoms with E-state index in [9.17, 15) is 19.3 Å². The maximum Gasteiger partial charge on any atom is 0.269 e. The summed E-state index contributed by atoms with van der Waals surface area (Å²) < 4.78 is 19.3. The van der Waals surface area contributed by atoms with Crippen molar-refractivity contribution >= 4 is 17.3 Å². The molecule has 0 aliphatic heterocycles. The molecule has 1 N–H and O–H groups in total. The number of amides is 1. The van der Waals surface area contributed by atoms with Gasteiger partial charge in [-0.15, -0.1) is 0 Å². The van der Waals surface area contributed by atoms with E-state index in [1.54, 1.807) is 32.3 Å². The zero-order chi connectivity index (χ0) is 18.4. The highest BCUT2D eigenvalue weighted by atomic mass is 19.1. The van der Waals surface area contributed by atoms with Gasteiger partial charge < -0.3 is 15.0 Å². The fourth-order valence-corrected chi connectivity index (χ4v) is 1.98. The van der Waals surface area contributed by atoms with Crippen molar-refractivity contribution in [2.75, 3.05) is 26.0 Å². The van der Waals surface area contributed by atoms with Crippen LogP contribution in [0.4, 0.5) is 15.8 Å². The van der Waals surface area contributed by atoms with Crippen molar-refractivity contribution in [3.63, 3.8) is 0 Å². The van der Waals surface area contributed by atoms with E-state index in [0.29, 0.717) is 5.56 Å². The third kappa shape index (κ3) is 5.17. The van der Waals surface area contributed by atoms with Crippen LogP contribution in [0.5, 0.6) is 5.75 Å². The molecule has 0 aliphatic rings. The Bertz CT molecular complexity index is 780. The van der Waals surface area contributed by atoms with E-state index < -0.39 is 10.7 Å². The summed E-state index contributed by atoms with van der Waals surface area (Å²) in [5.41, 5.74) is 0.873. The topological polar surface area (TPSA) is 84.7 Å². The van der Waals surface area contributed by atoms with Crippen LogP contribution >= 0.6 is 0 Å². The number of nitro groups is 1. The maximum absolute atomic E-state index is 14.1. The van der Waals surface area contributed by atoms with E-state index in [4.69, 9.17) is 4.74 Å². The van der Waals surface area contributed by atoms with Crippen molar-refractivity contribution < 1.29 is 18.8 Å². The normalized spacial score (nSPS) is 10.2. The largest absolute Gasteiger partial charge is 0.484 e. The van der Waals surface area contributed by atoms with Crippen molar-refractivity contribution in [3.8, 4) is 5.75 Å². The number of likely N-dealkylation sites (N-methyl/N-ethyl adjacent to an activating group) is 1. The molecule has 8 heteroatoms. The van der Waals surface area contributed by atoms with Crippen molar-refractivity contribution in [1.29, 1.82) is 0 Å². The molecule has 7 nitrogen and oxygen atoms in total. The summed E-state index contributed by atoms with van der Waals surface area (Å²) >= 11 is 0. The molecule has 0 radical (unpaired) electrons. The summed E-state index contributed by atoms with van der Waals surface area (Å²) in [6, 6.07) is 10.3. The Morgan fingerprint density at radius 2 is 2.04 bits per heavy atom. The summed E-state index contributed by atoms with van der Waals surface area (Å²) in [6.45, 7) is 0.0603. The Labute approximate surface area is 144 Å². The first-order valence-electron chi connectivity index (χ1n) is 7.46. The van der Waals surface area contributed by atoms with Gasteiger partial charge in [-0.05, 0) is 17.7 Å². The van der Waals surface area contributed by atoms with Crippen LogP contribution in [0.2, 0.25) is 0 Å². The number of halogens is 1. The molecular formula is C17H18FN3O4. The second-order valence-corrected chi connectivity index (χ2v) is 5.50. The molecule has 0 aliphatic carbocycles. The Morgan fingerprint density at radius 3 is 2.68 bits per heavy atom. The molecule has 2 aromatic rings. The molecule has 0 aromatic heterocycles. The molecule has 0 bridgehead atoms. The lowest BCUT2D eigenvalue weighted by Crippen LogP contribution is -2.27. The zero-order valence-electron chi connectivity index (χ0n) is 13.9. The van der Waals surface area contributed by atoms with E-state index in [2.05, 4.69) is 5.32 Å². The molecular weight excluding hydrogens is 329 g/mol. The third-order valence-corrected chi connectivity index (χ3v) is 3.41. The number of ether oxygens (including phenoxy) is 1. The minimum absolute atomic E-state index is 0.0194. The summed E-state index contributed by atoms with van der Waals surface area (Å²) in [5, 5.41) is 13.6. The minimum Gasteiger partial charge on any atom is -0.484 e. The standard InChI is InChI=1S/C17H18FN3O4/c1-20(2)17(22)11-25-14-6-7-16(15(18)9-14)19-10-12-4-3-5-13(8-12)21(23)24/h3-9,19H,10-11H2,1-2H3. The average molecular weight is 347 g/mol. The lowest BCUT2D eigenvalue weighted by atomic mass is 10.2. The van der Waals surface area contributed by atoms with E-state index in [1.807, 2.05) is 0 Å². The van der Waals surface area contributed by atoms with Gasteiger partial charge in [0, 0.05) is 38.8 Å². The van der Waals surface area contributed by atoms with Gasteiger partial charge in [0.2, 0.25) is 0 Å². The molecule has 0 atom stereocenters. The molecule has 0 saturated heterocycles. The quantitative estimate of drug-likeness (QED) is 0.615. The molecule has 0 spiro atoms. The predicted molar refractivity (Wildman–Crippen MR) is 91.0 cm³/mol. The second kappa shape index (κ2) is 8.09. The van der Waals surface area contributed by atoms with Crippen LogP contribution in [-0.2, 0) is 11.3 Å². The van der Waals surface area contributed by atoms with Crippen LogP contribution < -0.4 is 10.1 Å². The summed E-state index contributed by atoms with van der Waals surface area (Å²) in [6.07, 6.45) is 0. The first kappa shape index (κ1) is 18.2. The van der Waals surface area contributed by atoms with Gasteiger partial charge in [0.1, 0.15) is 11.6 Å². The Morgan fingerprint density at radius 1 is 1.28 bits per heavy atom. The maximum atomic E-state index is 14.1. The summed E-state index contributed by atoms with van der Waals surface area (Å²) in [5.74, 6) is -0.526. The van der Waals surface area contributed by atoms with Crippen molar-refractivity contribution in [2.45, 2.75) is 6.54 Å². The van der Waals surface area contributed by atoms with Crippen LogP contribution in [-0.4, -0.2) is 36.4 Å². The fraction of sp³-hybridized carbons (Fsp3) is 0.235. The van der Waals surface area contributed by atoms with E-state index in [1.165, 1.54) is 29.2 Å². The molecule has 0 saturated carbocycles. The number of carbonyl (C=O) groups is 1. The number of rotatable bonds is 7. The highest BCUT2D eigenvalue weighted by Crippen LogP contribution is 2.22. The number of carbonyl (C=O) groups excluding carboxylic acids is 1. The van der Waals surface area contributed by atoms with Gasteiger partial charge in [-0.25, -0.2) is 4.39 Å². The number of anilines is 1. The summed E-state index contributed by atoms with van der Waals surface area (Å²) in [4.78, 5) is 23.1. The fourth-order valence-electron chi connectivity index (χ4n) is 1.98. The SMILES string of the molecule is CN(C)C(=O)COc1ccc(NCc2cccc([N+](=O)[O-])c2)c(F)c1. The molecule has 2 rings (SSSR count). The van der Waals surface area contributed by atoms with Crippen LogP contribution in [0, 0.1) is 15.9 Å². The average Bonchev–Trinajstić information content (AvgIpc) is 2.58. The number of benzene rings is 2. The number of nitro benzene ring substituents is 1. The molecule has 0 heterocycles. The zero-order valence-corrected chi connectivity index (χ0v) is 13.9. The predicted octanol–water partition coefficient (Wildman–Crippen LogP) is 2.81. The van der Waals surface area contributed by atoms with Gasteiger partial charge >= 0.3 is 0 Å². The molecule has 0 unspecified atom stereocenters. The van der Waals surface area contributed by atoms with Crippen molar-refractivity contribution in [3.05, 3.63) is 64.0 Å². The number of nitrogens with one attached hydrogen (secondary N) is 1. The van der Waals surface area contributed by atoms with Gasteiger partial charge in [-0.1, -0.05) is 12.1 Å². The van der Waals surface area contributed by atoms with E-state index >= 15 is 0 Å². The van der Waals surface area contributed by atoms with E-state index in [0.717, 1.165) is 0 Å². The van der Waals surface area contributed by atoms with Crippen LogP contribution in [0.1, 0.15) is 5.56 Å². The smallest absolute Gasteiger partial charge is 0.269 e. The molecule has 25 heavy (non-hydrogen) atoms. The van der Waals surface area contributed by atoms with Gasteiger partial charge in [0.05, 0.1) is 10.6 Å². The third-order valence-electron chi connectivity index (χ3n) is 3.41. The monoisotopic (exact) mass is 347 g/mol. The van der Waals surface area contributed by atoms with Crippen LogP contribution in [0.3, 0.4) is 0 Å². The Hall–Kier alpha value is -3.16. The van der Waals surface area contributed by atoms with Crippen molar-refractivity contribution in [2.24, 2.45) is 0 Å². The molecule has 132 valence electrons. The highest BCUT2D eigenvalue weighted by molar-refractivity contribution is 5.77. The summed E-state index contributed by atoms with van der Waals surface area (Å²) in [7, 11) is 3.21. The van der Waals surface area contributed by atoms with Gasteiger partial charge in [0.25, 0.3) is 11.6 Å². The minimum atomic E-state index is -0.541. The molecule has 1 amide bonds. The number of non-ortho nitro benzene ring substituents is 1. The van der Waals surface area contributed by atoms with Crippen molar-refractivity contribution in [1.82, 2.24) is 4.90 Å². The van der Waals surface area contributed by atoms with Crippen LogP contribution in [0.15, 0.2) is 42.5 Å².